The third-order valence-corrected chi connectivity index (χ3v) is 7.99. The summed E-state index contributed by atoms with van der Waals surface area (Å²) in [5.41, 5.74) is 2.62. The average molecular weight is 484 g/mol. The van der Waals surface area contributed by atoms with Crippen molar-refractivity contribution in [3.8, 4) is 5.75 Å². The number of benzene rings is 1. The fraction of sp³-hybridized carbons (Fsp3) is 0.633. The lowest BCUT2D eigenvalue weighted by atomic mass is 9.86. The highest BCUT2D eigenvalue weighted by atomic mass is 32.1. The number of carbonyl (C=O) groups is 1. The third kappa shape index (κ3) is 8.85. The van der Waals surface area contributed by atoms with Gasteiger partial charge in [-0.15, -0.1) is 11.3 Å². The number of unbranched alkanes of at least 4 members (excludes halogenated alkanes) is 4. The normalized spacial score (nSPS) is 15.6. The Morgan fingerprint density at radius 3 is 2.68 bits per heavy atom. The Morgan fingerprint density at radius 1 is 1.09 bits per heavy atom. The summed E-state index contributed by atoms with van der Waals surface area (Å²) >= 11 is 1.86. The number of hydrogen-bond acceptors (Lipinski definition) is 4. The van der Waals surface area contributed by atoms with Gasteiger partial charge in [0, 0.05) is 23.9 Å². The van der Waals surface area contributed by atoms with Crippen LogP contribution in [0.5, 0.6) is 5.75 Å². The van der Waals surface area contributed by atoms with Gasteiger partial charge in [-0.2, -0.15) is 0 Å². The lowest BCUT2D eigenvalue weighted by Crippen LogP contribution is -2.41. The number of carbonyl (C=O) groups excluding carboxylic acids is 1. The van der Waals surface area contributed by atoms with Gasteiger partial charge in [0.1, 0.15) is 5.75 Å². The fourth-order valence-electron chi connectivity index (χ4n) is 5.16. The zero-order valence-electron chi connectivity index (χ0n) is 21.7. The minimum atomic E-state index is -0.0683. The van der Waals surface area contributed by atoms with Crippen LogP contribution in [-0.4, -0.2) is 30.0 Å². The summed E-state index contributed by atoms with van der Waals surface area (Å²) < 4.78 is 5.86. The number of esters is 1. The highest BCUT2D eigenvalue weighted by Gasteiger charge is 2.26. The summed E-state index contributed by atoms with van der Waals surface area (Å²) in [5, 5.41) is 2.17. The maximum Gasteiger partial charge on any atom is 0.311 e. The Kier molecular flexibility index (Phi) is 11.6. The molecule has 3 rings (SSSR count). The highest BCUT2D eigenvalue weighted by molar-refractivity contribution is 7.09. The Hall–Kier alpha value is -1.65. The molecule has 2 aromatic rings. The first-order chi connectivity index (χ1) is 16.6. The molecule has 0 saturated heterocycles. The quantitative estimate of drug-likeness (QED) is 0.147. The molecule has 1 aromatic heterocycles. The van der Waals surface area contributed by atoms with Crippen molar-refractivity contribution in [1.29, 1.82) is 0 Å². The lowest BCUT2D eigenvalue weighted by Gasteiger charge is -2.35. The summed E-state index contributed by atoms with van der Waals surface area (Å²) in [6, 6.07) is 11.3. The van der Waals surface area contributed by atoms with Crippen molar-refractivity contribution in [2.45, 2.75) is 104 Å². The van der Waals surface area contributed by atoms with Gasteiger partial charge < -0.3 is 4.74 Å². The predicted octanol–water partition coefficient (Wildman–Crippen LogP) is 7.85. The van der Waals surface area contributed by atoms with Crippen LogP contribution < -0.4 is 4.74 Å². The molecule has 1 heterocycles. The molecule has 1 aliphatic carbocycles. The molecule has 34 heavy (non-hydrogen) atoms. The summed E-state index contributed by atoms with van der Waals surface area (Å²) in [6.45, 7) is 9.12. The molecule has 0 bridgehead atoms. The molecule has 3 nitrogen and oxygen atoms in total. The molecule has 0 amide bonds. The van der Waals surface area contributed by atoms with E-state index < -0.39 is 0 Å². The van der Waals surface area contributed by atoms with Crippen molar-refractivity contribution < 1.29 is 9.53 Å². The van der Waals surface area contributed by atoms with Gasteiger partial charge >= 0.3 is 5.97 Å². The number of nitrogens with zero attached hydrogens (tertiary/aromatic N) is 1. The van der Waals surface area contributed by atoms with E-state index in [0.29, 0.717) is 12.5 Å². The van der Waals surface area contributed by atoms with Crippen molar-refractivity contribution >= 4 is 17.3 Å². The van der Waals surface area contributed by atoms with Crippen LogP contribution in [0.4, 0.5) is 0 Å². The van der Waals surface area contributed by atoms with Crippen LogP contribution in [-0.2, 0) is 24.1 Å². The minimum Gasteiger partial charge on any atom is -0.426 e. The number of fused-ring (bicyclic) bond motifs is 1. The minimum absolute atomic E-state index is 0.0683. The number of rotatable bonds is 15. The van der Waals surface area contributed by atoms with E-state index in [1.807, 2.05) is 17.4 Å². The first-order valence-corrected chi connectivity index (χ1v) is 14.5. The van der Waals surface area contributed by atoms with Crippen LogP contribution in [0.2, 0.25) is 0 Å². The molecule has 188 valence electrons. The maximum absolute atomic E-state index is 12.5. The van der Waals surface area contributed by atoms with Crippen molar-refractivity contribution in [1.82, 2.24) is 4.90 Å². The van der Waals surface area contributed by atoms with Crippen molar-refractivity contribution in [3.63, 3.8) is 0 Å². The molecule has 1 aromatic carbocycles. The zero-order chi connectivity index (χ0) is 24.2. The van der Waals surface area contributed by atoms with Crippen molar-refractivity contribution in [3.05, 3.63) is 51.7 Å². The molecule has 0 fully saturated rings. The molecule has 0 N–H and O–H groups in total. The zero-order valence-corrected chi connectivity index (χ0v) is 22.5. The average Bonchev–Trinajstić information content (AvgIpc) is 3.34. The lowest BCUT2D eigenvalue weighted by molar-refractivity contribution is -0.134. The van der Waals surface area contributed by atoms with Crippen LogP contribution >= 0.6 is 11.3 Å². The third-order valence-electron chi connectivity index (χ3n) is 7.05. The van der Waals surface area contributed by atoms with Gasteiger partial charge in [0.15, 0.2) is 0 Å². The van der Waals surface area contributed by atoms with E-state index in [9.17, 15) is 4.79 Å². The van der Waals surface area contributed by atoms with Gasteiger partial charge in [0.2, 0.25) is 0 Å². The second-order valence-corrected chi connectivity index (χ2v) is 11.4. The Labute approximate surface area is 211 Å². The fourth-order valence-corrected chi connectivity index (χ4v) is 5.86. The molecule has 0 spiro atoms. The largest absolute Gasteiger partial charge is 0.426 e. The molecule has 0 radical (unpaired) electrons. The number of ether oxygens (including phenoxy) is 1. The first-order valence-electron chi connectivity index (χ1n) is 13.6. The summed E-state index contributed by atoms with van der Waals surface area (Å²) in [7, 11) is 0. The number of thiophene rings is 1. The molecular weight excluding hydrogens is 438 g/mol. The van der Waals surface area contributed by atoms with Gasteiger partial charge in [0.05, 0.1) is 0 Å². The van der Waals surface area contributed by atoms with Gasteiger partial charge in [-0.1, -0.05) is 71.1 Å². The summed E-state index contributed by atoms with van der Waals surface area (Å²) in [6.07, 6.45) is 13.2. The summed E-state index contributed by atoms with van der Waals surface area (Å²) in [5.74, 6) is 1.53. The van der Waals surface area contributed by atoms with E-state index in [1.54, 1.807) is 0 Å². The van der Waals surface area contributed by atoms with Crippen molar-refractivity contribution in [2.75, 3.05) is 13.1 Å². The maximum atomic E-state index is 12.5. The Bertz CT molecular complexity index is 845. The van der Waals surface area contributed by atoms with Crippen LogP contribution in [0.25, 0.3) is 0 Å². The van der Waals surface area contributed by atoms with Crippen LogP contribution in [0.1, 0.15) is 94.6 Å². The van der Waals surface area contributed by atoms with E-state index in [-0.39, 0.29) is 5.97 Å². The van der Waals surface area contributed by atoms with Gasteiger partial charge in [-0.25, -0.2) is 0 Å². The standard InChI is InChI=1S/C30H45NO2S/c1-4-20-31(21-19-27-14-11-22-34-27)26-17-18-28-25(23-26)13-10-15-29(28)33-30(32)16-9-7-5-6-8-12-24(2)3/h10-11,13-15,22,24,26H,4-9,12,16-21,23H2,1-3H3. The molecule has 1 atom stereocenters. The molecule has 1 aliphatic rings. The highest BCUT2D eigenvalue weighted by Crippen LogP contribution is 2.32. The Balaban J connectivity index is 1.47. The van der Waals surface area contributed by atoms with E-state index in [1.165, 1.54) is 48.1 Å². The molecule has 0 aliphatic heterocycles. The SMILES string of the molecule is CCCN(CCc1cccs1)C1CCc2c(cccc2OC(=O)CCCCCCCC(C)C)C1. The molecule has 4 heteroatoms. The predicted molar refractivity (Wildman–Crippen MR) is 145 cm³/mol. The molecule has 0 saturated carbocycles. The Morgan fingerprint density at radius 2 is 1.91 bits per heavy atom. The van der Waals surface area contributed by atoms with E-state index in [4.69, 9.17) is 4.74 Å². The van der Waals surface area contributed by atoms with Gasteiger partial charge in [0.25, 0.3) is 0 Å². The van der Waals surface area contributed by atoms with Gasteiger partial charge in [-0.3, -0.25) is 9.69 Å². The van der Waals surface area contributed by atoms with E-state index >= 15 is 0 Å². The molecular formula is C30H45NO2S. The van der Waals surface area contributed by atoms with Gasteiger partial charge in [-0.05, 0) is 79.6 Å². The van der Waals surface area contributed by atoms with Crippen molar-refractivity contribution in [2.24, 2.45) is 5.92 Å². The smallest absolute Gasteiger partial charge is 0.311 e. The summed E-state index contributed by atoms with van der Waals surface area (Å²) in [4.78, 5) is 16.7. The number of hydrogen-bond donors (Lipinski definition) is 0. The van der Waals surface area contributed by atoms with Crippen LogP contribution in [0.3, 0.4) is 0 Å². The second kappa shape index (κ2) is 14.7. The monoisotopic (exact) mass is 483 g/mol. The van der Waals surface area contributed by atoms with Crippen LogP contribution in [0, 0.1) is 5.92 Å². The van der Waals surface area contributed by atoms with Crippen LogP contribution in [0.15, 0.2) is 35.7 Å². The van der Waals surface area contributed by atoms with E-state index in [2.05, 4.69) is 55.3 Å². The second-order valence-electron chi connectivity index (χ2n) is 10.3. The first kappa shape index (κ1) is 26.9. The van der Waals surface area contributed by atoms with E-state index in [0.717, 1.165) is 63.3 Å². The molecule has 1 unspecified atom stereocenters. The topological polar surface area (TPSA) is 29.5 Å².